The van der Waals surface area contributed by atoms with Crippen LogP contribution in [0.25, 0.3) is 0 Å². The van der Waals surface area contributed by atoms with Crippen LogP contribution in [0.15, 0.2) is 0 Å². The van der Waals surface area contributed by atoms with Crippen molar-refractivity contribution in [1.82, 2.24) is 29.9 Å². The van der Waals surface area contributed by atoms with Gasteiger partial charge < -0.3 is 9.88 Å². The van der Waals surface area contributed by atoms with Crippen molar-refractivity contribution in [3.05, 3.63) is 28.6 Å². The average molecular weight is 328 g/mol. The molecule has 7 heteroatoms. The topological polar surface area (TPSA) is 77.6 Å². The van der Waals surface area contributed by atoms with Crippen LogP contribution in [-0.4, -0.2) is 30.5 Å². The molecule has 4 rings (SSSR count). The van der Waals surface area contributed by atoms with E-state index in [4.69, 9.17) is 0 Å². The molecule has 2 aliphatic rings. The van der Waals surface area contributed by atoms with E-state index in [0.717, 1.165) is 56.6 Å². The Morgan fingerprint density at radius 1 is 1.17 bits per heavy atom. The van der Waals surface area contributed by atoms with Crippen molar-refractivity contribution in [2.24, 2.45) is 7.05 Å². The monoisotopic (exact) mass is 328 g/mol. The number of hydrogen-bond acceptors (Lipinski definition) is 4. The lowest BCUT2D eigenvalue weighted by atomic mass is 9.91. The summed E-state index contributed by atoms with van der Waals surface area (Å²) in [5.74, 6) is 1.29. The Hall–Kier alpha value is -2.18. The fourth-order valence-electron chi connectivity index (χ4n) is 4.11. The molecule has 1 aliphatic heterocycles. The molecule has 0 saturated heterocycles. The first-order chi connectivity index (χ1) is 11.6. The molecule has 0 radical (unpaired) electrons. The van der Waals surface area contributed by atoms with Crippen LogP contribution in [-0.2, 0) is 26.4 Å². The van der Waals surface area contributed by atoms with Crippen LogP contribution in [0.1, 0.15) is 71.5 Å². The minimum Gasteiger partial charge on any atom is -0.342 e. The van der Waals surface area contributed by atoms with E-state index >= 15 is 0 Å². The van der Waals surface area contributed by atoms with Crippen LogP contribution in [0.2, 0.25) is 0 Å². The maximum absolute atomic E-state index is 12.8. The molecule has 0 fully saturated rings. The normalized spacial score (nSPS) is 20.2. The molecule has 1 N–H and O–H groups in total. The van der Waals surface area contributed by atoms with Crippen LogP contribution < -0.4 is 5.32 Å². The van der Waals surface area contributed by atoms with Gasteiger partial charge in [-0.1, -0.05) is 6.42 Å². The number of aryl methyl sites for hydroxylation is 3. The van der Waals surface area contributed by atoms with E-state index in [-0.39, 0.29) is 11.9 Å². The quantitative estimate of drug-likeness (QED) is 0.913. The Kier molecular flexibility index (Phi) is 3.86. The van der Waals surface area contributed by atoms with Crippen LogP contribution in [0.5, 0.6) is 0 Å². The third kappa shape index (κ3) is 2.52. The van der Waals surface area contributed by atoms with Gasteiger partial charge in [-0.2, -0.15) is 5.10 Å². The second-order valence-corrected chi connectivity index (χ2v) is 6.89. The summed E-state index contributed by atoms with van der Waals surface area (Å²) in [6.07, 6.45) is 7.35. The molecule has 24 heavy (non-hydrogen) atoms. The number of fused-ring (bicyclic) bond motifs is 2. The summed E-state index contributed by atoms with van der Waals surface area (Å²) in [6.45, 7) is 2.86. The number of nitrogens with one attached hydrogen (secondary N) is 1. The molecule has 1 atom stereocenters. The summed E-state index contributed by atoms with van der Waals surface area (Å²) in [7, 11) is 1.98. The van der Waals surface area contributed by atoms with Crippen LogP contribution in [0.4, 0.5) is 0 Å². The first-order valence-electron chi connectivity index (χ1n) is 8.90. The second-order valence-electron chi connectivity index (χ2n) is 6.89. The van der Waals surface area contributed by atoms with Crippen molar-refractivity contribution in [2.75, 3.05) is 0 Å². The van der Waals surface area contributed by atoms with Gasteiger partial charge in [-0.25, -0.2) is 0 Å². The maximum atomic E-state index is 12.8. The predicted molar refractivity (Wildman–Crippen MR) is 88.7 cm³/mol. The lowest BCUT2D eigenvalue weighted by molar-refractivity contribution is 0.0916. The highest BCUT2D eigenvalue weighted by molar-refractivity contribution is 5.91. The molecular formula is C17H24N6O. The molecular weight excluding hydrogens is 304 g/mol. The third-order valence-electron chi connectivity index (χ3n) is 5.26. The van der Waals surface area contributed by atoms with Gasteiger partial charge in [0.25, 0.3) is 5.91 Å². The second kappa shape index (κ2) is 6.03. The highest BCUT2D eigenvalue weighted by Crippen LogP contribution is 2.32. The number of nitrogens with zero attached hydrogens (tertiary/aromatic N) is 5. The summed E-state index contributed by atoms with van der Waals surface area (Å²) in [6, 6.07) is 0.0219. The van der Waals surface area contributed by atoms with Crippen LogP contribution in [0, 0.1) is 6.92 Å². The van der Waals surface area contributed by atoms with E-state index < -0.39 is 0 Å². The molecule has 0 spiro atoms. The van der Waals surface area contributed by atoms with Gasteiger partial charge in [0.05, 0.1) is 11.7 Å². The number of rotatable bonds is 2. The molecule has 0 aromatic carbocycles. The molecule has 3 heterocycles. The van der Waals surface area contributed by atoms with E-state index in [1.165, 1.54) is 17.7 Å². The molecule has 0 saturated carbocycles. The van der Waals surface area contributed by atoms with Gasteiger partial charge in [0, 0.05) is 31.3 Å². The lowest BCUT2D eigenvalue weighted by Crippen LogP contribution is -2.33. The zero-order valence-electron chi connectivity index (χ0n) is 14.4. The summed E-state index contributed by atoms with van der Waals surface area (Å²) < 4.78 is 3.95. The minimum atomic E-state index is -0.114. The lowest BCUT2D eigenvalue weighted by Gasteiger charge is -2.24. The van der Waals surface area contributed by atoms with Gasteiger partial charge in [-0.15, -0.1) is 10.2 Å². The van der Waals surface area contributed by atoms with Gasteiger partial charge in [-0.3, -0.25) is 9.48 Å². The van der Waals surface area contributed by atoms with Gasteiger partial charge in [-0.05, 0) is 39.0 Å². The number of carbonyl (C=O) groups is 1. The minimum absolute atomic E-state index is 0.0219. The zero-order valence-corrected chi connectivity index (χ0v) is 14.4. The third-order valence-corrected chi connectivity index (χ3v) is 5.26. The van der Waals surface area contributed by atoms with Crippen molar-refractivity contribution < 1.29 is 4.79 Å². The average Bonchev–Trinajstić information content (AvgIpc) is 3.00. The standard InChI is InChI=1S/C17H24N6O/c1-11-15-12(7-6-8-13(15)22(2)21-11)18-17(24)16-20-19-14-9-4-3-5-10-23(14)16/h12H,3-10H2,1-2H3,(H,18,24). The molecule has 1 unspecified atom stereocenters. The number of amides is 1. The summed E-state index contributed by atoms with van der Waals surface area (Å²) in [5, 5.41) is 16.1. The van der Waals surface area contributed by atoms with Gasteiger partial charge in [0.1, 0.15) is 5.82 Å². The Morgan fingerprint density at radius 3 is 2.92 bits per heavy atom. The fraction of sp³-hybridized carbons (Fsp3) is 0.647. The van der Waals surface area contributed by atoms with Gasteiger partial charge in [0.2, 0.25) is 5.82 Å². The van der Waals surface area contributed by atoms with Crippen molar-refractivity contribution in [1.29, 1.82) is 0 Å². The molecule has 0 bridgehead atoms. The molecule has 7 nitrogen and oxygen atoms in total. The Bertz CT molecular complexity index is 774. The molecule has 2 aromatic rings. The largest absolute Gasteiger partial charge is 0.342 e. The molecule has 2 aromatic heterocycles. The zero-order chi connectivity index (χ0) is 16.7. The van der Waals surface area contributed by atoms with E-state index in [0.29, 0.717) is 5.82 Å². The maximum Gasteiger partial charge on any atom is 0.289 e. The number of hydrogen-bond donors (Lipinski definition) is 1. The summed E-state index contributed by atoms with van der Waals surface area (Å²) >= 11 is 0. The highest BCUT2D eigenvalue weighted by Gasteiger charge is 2.29. The molecule has 1 amide bonds. The van der Waals surface area contributed by atoms with E-state index in [9.17, 15) is 4.79 Å². The van der Waals surface area contributed by atoms with Crippen molar-refractivity contribution in [3.8, 4) is 0 Å². The number of carbonyl (C=O) groups excluding carboxylic acids is 1. The first-order valence-corrected chi connectivity index (χ1v) is 8.90. The van der Waals surface area contributed by atoms with E-state index in [1.807, 2.05) is 23.2 Å². The Balaban J connectivity index is 1.59. The fourth-order valence-corrected chi connectivity index (χ4v) is 4.11. The SMILES string of the molecule is Cc1nn(C)c2c1C(NC(=O)c1nnc3n1CCCCC3)CCC2. The van der Waals surface area contributed by atoms with Crippen molar-refractivity contribution in [3.63, 3.8) is 0 Å². The Morgan fingerprint density at radius 2 is 2.04 bits per heavy atom. The van der Waals surface area contributed by atoms with Crippen LogP contribution in [0.3, 0.4) is 0 Å². The van der Waals surface area contributed by atoms with E-state index in [1.54, 1.807) is 0 Å². The highest BCUT2D eigenvalue weighted by atomic mass is 16.2. The van der Waals surface area contributed by atoms with Gasteiger partial charge in [0.15, 0.2) is 0 Å². The smallest absolute Gasteiger partial charge is 0.289 e. The predicted octanol–water partition coefficient (Wildman–Crippen LogP) is 1.85. The summed E-state index contributed by atoms with van der Waals surface area (Å²) in [4.78, 5) is 12.8. The van der Waals surface area contributed by atoms with Crippen LogP contribution >= 0.6 is 0 Å². The first kappa shape index (κ1) is 15.4. The van der Waals surface area contributed by atoms with E-state index in [2.05, 4.69) is 20.6 Å². The molecule has 128 valence electrons. The van der Waals surface area contributed by atoms with Crippen molar-refractivity contribution >= 4 is 5.91 Å². The Labute approximate surface area is 141 Å². The summed E-state index contributed by atoms with van der Waals surface area (Å²) in [5.41, 5.74) is 3.44. The van der Waals surface area contributed by atoms with Crippen molar-refractivity contribution in [2.45, 2.75) is 64.5 Å². The number of aromatic nitrogens is 5. The van der Waals surface area contributed by atoms with Gasteiger partial charge >= 0.3 is 0 Å². The molecule has 1 aliphatic carbocycles.